The van der Waals surface area contributed by atoms with Crippen LogP contribution in [0.2, 0.25) is 0 Å². The van der Waals surface area contributed by atoms with Gasteiger partial charge in [0.05, 0.1) is 22.4 Å². The number of nitrogens with zero attached hydrogens (tertiary/aromatic N) is 1. The quantitative estimate of drug-likeness (QED) is 0.857. The van der Waals surface area contributed by atoms with Crippen LogP contribution in [-0.4, -0.2) is 18.5 Å². The van der Waals surface area contributed by atoms with Crippen molar-refractivity contribution in [1.82, 2.24) is 4.98 Å². The van der Waals surface area contributed by atoms with E-state index in [4.69, 9.17) is 4.18 Å². The Labute approximate surface area is 130 Å². The van der Waals surface area contributed by atoms with Crippen LogP contribution in [0.3, 0.4) is 0 Å². The summed E-state index contributed by atoms with van der Waals surface area (Å²) >= 11 is 0. The molecule has 0 aliphatic carbocycles. The van der Waals surface area contributed by atoms with Crippen molar-refractivity contribution in [1.29, 1.82) is 0 Å². The first kappa shape index (κ1) is 16.6. The van der Waals surface area contributed by atoms with E-state index in [-0.39, 0.29) is 4.90 Å². The number of pyridine rings is 1. The number of benzene rings is 1. The molecule has 0 aliphatic heterocycles. The topological polar surface area (TPSA) is 76.5 Å². The molecule has 0 spiro atoms. The highest BCUT2D eigenvalue weighted by molar-refractivity contribution is 7.86. The lowest BCUT2D eigenvalue weighted by atomic mass is 10.2. The fourth-order valence-electron chi connectivity index (χ4n) is 1.93. The van der Waals surface area contributed by atoms with Gasteiger partial charge in [0.2, 0.25) is 0 Å². The van der Waals surface area contributed by atoms with Gasteiger partial charge in [-0.15, -0.1) is 0 Å². The van der Waals surface area contributed by atoms with Crippen LogP contribution in [0.25, 0.3) is 0 Å². The Morgan fingerprint density at radius 2 is 1.64 bits per heavy atom. The second kappa shape index (κ2) is 6.56. The number of aliphatic hydroxyl groups excluding tert-OH is 1. The fraction of sp³-hybridized carbons (Fsp3) is 0.312. The summed E-state index contributed by atoms with van der Waals surface area (Å²) in [4.78, 5) is 4.33. The maximum Gasteiger partial charge on any atom is 0.297 e. The summed E-state index contributed by atoms with van der Waals surface area (Å²) in [5.74, 6) is 0. The minimum atomic E-state index is -3.86. The summed E-state index contributed by atoms with van der Waals surface area (Å²) < 4.78 is 29.7. The summed E-state index contributed by atoms with van der Waals surface area (Å²) in [5, 5.41) is 9.54. The highest BCUT2D eigenvalue weighted by Crippen LogP contribution is 2.23. The van der Waals surface area contributed by atoms with Gasteiger partial charge >= 0.3 is 0 Å². The maximum atomic E-state index is 12.2. The van der Waals surface area contributed by atoms with E-state index in [1.165, 1.54) is 12.1 Å². The van der Waals surface area contributed by atoms with Crippen molar-refractivity contribution >= 4 is 10.1 Å². The minimum absolute atomic E-state index is 0.108. The third-order valence-corrected chi connectivity index (χ3v) is 4.61. The second-order valence-electron chi connectivity index (χ2n) is 5.17. The van der Waals surface area contributed by atoms with Gasteiger partial charge in [-0.05, 0) is 45.0 Å². The van der Waals surface area contributed by atoms with Crippen LogP contribution in [0, 0.1) is 6.92 Å². The van der Waals surface area contributed by atoms with Crippen molar-refractivity contribution in [2.24, 2.45) is 0 Å². The highest BCUT2D eigenvalue weighted by atomic mass is 32.2. The SMILES string of the molecule is Cc1ccc(S(=O)(=O)O[C@H](C)c2cccc([C@@H](C)O)n2)cc1. The van der Waals surface area contributed by atoms with Gasteiger partial charge in [0.15, 0.2) is 0 Å². The Morgan fingerprint density at radius 1 is 1.05 bits per heavy atom. The van der Waals surface area contributed by atoms with E-state index in [1.54, 1.807) is 44.2 Å². The average Bonchev–Trinajstić information content (AvgIpc) is 2.47. The first-order valence-corrected chi connectivity index (χ1v) is 8.35. The summed E-state index contributed by atoms with van der Waals surface area (Å²) in [6.45, 7) is 5.09. The first-order chi connectivity index (χ1) is 10.3. The molecule has 1 N–H and O–H groups in total. The standard InChI is InChI=1S/C16H19NO4S/c1-11-7-9-14(10-8-11)22(19,20)21-13(3)16-6-4-5-15(17-16)12(2)18/h4-10,12-13,18H,1-3H3/t12-,13-/m1/s1. The predicted molar refractivity (Wildman–Crippen MR) is 82.7 cm³/mol. The van der Waals surface area contributed by atoms with Crippen LogP contribution < -0.4 is 0 Å². The zero-order valence-corrected chi connectivity index (χ0v) is 13.5. The molecule has 22 heavy (non-hydrogen) atoms. The lowest BCUT2D eigenvalue weighted by molar-refractivity contribution is 0.191. The molecule has 0 fully saturated rings. The molecule has 0 saturated carbocycles. The minimum Gasteiger partial charge on any atom is -0.387 e. The van der Waals surface area contributed by atoms with E-state index in [2.05, 4.69) is 4.98 Å². The largest absolute Gasteiger partial charge is 0.387 e. The number of aryl methyl sites for hydroxylation is 1. The van der Waals surface area contributed by atoms with E-state index in [0.717, 1.165) is 5.56 Å². The summed E-state index contributed by atoms with van der Waals surface area (Å²) in [6.07, 6.45) is -1.47. The van der Waals surface area contributed by atoms with Crippen LogP contribution in [0.5, 0.6) is 0 Å². The third-order valence-electron chi connectivity index (χ3n) is 3.22. The highest BCUT2D eigenvalue weighted by Gasteiger charge is 2.21. The van der Waals surface area contributed by atoms with Crippen molar-refractivity contribution < 1.29 is 17.7 Å². The molecule has 118 valence electrons. The molecule has 2 rings (SSSR count). The normalized spacial score (nSPS) is 14.5. The monoisotopic (exact) mass is 321 g/mol. The van der Waals surface area contributed by atoms with Crippen molar-refractivity contribution in [2.75, 3.05) is 0 Å². The molecule has 1 aromatic heterocycles. The fourth-order valence-corrected chi connectivity index (χ4v) is 2.99. The van der Waals surface area contributed by atoms with Crippen LogP contribution >= 0.6 is 0 Å². The van der Waals surface area contributed by atoms with Crippen molar-refractivity contribution in [3.05, 3.63) is 59.4 Å². The first-order valence-electron chi connectivity index (χ1n) is 6.94. The molecule has 5 nitrogen and oxygen atoms in total. The molecule has 0 radical (unpaired) electrons. The summed E-state index contributed by atoms with van der Waals surface area (Å²) in [5.41, 5.74) is 1.90. The van der Waals surface area contributed by atoms with E-state index in [0.29, 0.717) is 11.4 Å². The van der Waals surface area contributed by atoms with E-state index in [9.17, 15) is 13.5 Å². The Balaban J connectivity index is 2.22. The molecule has 0 aliphatic rings. The molecule has 0 amide bonds. The van der Waals surface area contributed by atoms with Gasteiger partial charge in [-0.25, -0.2) is 0 Å². The number of aliphatic hydroxyl groups is 1. The molecule has 0 bridgehead atoms. The average molecular weight is 321 g/mol. The molecule has 6 heteroatoms. The van der Waals surface area contributed by atoms with Crippen molar-refractivity contribution in [3.8, 4) is 0 Å². The molecular formula is C16H19NO4S. The number of aromatic nitrogens is 1. The predicted octanol–water partition coefficient (Wildman–Crippen LogP) is 2.91. The van der Waals surface area contributed by atoms with Crippen LogP contribution in [0.4, 0.5) is 0 Å². The number of hydrogen-bond donors (Lipinski definition) is 1. The van der Waals surface area contributed by atoms with Crippen LogP contribution in [0.1, 0.15) is 43.0 Å². The summed E-state index contributed by atoms with van der Waals surface area (Å²) in [6, 6.07) is 11.5. The molecule has 2 aromatic rings. The molecule has 1 aromatic carbocycles. The maximum absolute atomic E-state index is 12.2. The zero-order valence-electron chi connectivity index (χ0n) is 12.7. The van der Waals surface area contributed by atoms with Gasteiger partial charge in [0.1, 0.15) is 6.10 Å². The third kappa shape index (κ3) is 3.91. The van der Waals surface area contributed by atoms with Gasteiger partial charge in [0, 0.05) is 0 Å². The van der Waals surface area contributed by atoms with E-state index in [1.807, 2.05) is 6.92 Å². The lowest BCUT2D eigenvalue weighted by Gasteiger charge is -2.14. The van der Waals surface area contributed by atoms with Gasteiger partial charge in [0.25, 0.3) is 10.1 Å². The molecule has 0 unspecified atom stereocenters. The van der Waals surface area contributed by atoms with Gasteiger partial charge in [-0.3, -0.25) is 9.17 Å². The lowest BCUT2D eigenvalue weighted by Crippen LogP contribution is -2.12. The Hall–Kier alpha value is -1.76. The van der Waals surface area contributed by atoms with Crippen LogP contribution in [-0.2, 0) is 14.3 Å². The second-order valence-corrected chi connectivity index (χ2v) is 6.74. The van der Waals surface area contributed by atoms with Gasteiger partial charge in [-0.1, -0.05) is 23.8 Å². The molecular weight excluding hydrogens is 302 g/mol. The Bertz CT molecular complexity index is 739. The van der Waals surface area contributed by atoms with Gasteiger partial charge < -0.3 is 5.11 Å². The van der Waals surface area contributed by atoms with E-state index < -0.39 is 22.3 Å². The molecule has 0 saturated heterocycles. The van der Waals surface area contributed by atoms with Crippen molar-refractivity contribution in [2.45, 2.75) is 37.9 Å². The summed E-state index contributed by atoms with van der Waals surface area (Å²) in [7, 11) is -3.86. The molecule has 2 atom stereocenters. The Morgan fingerprint density at radius 3 is 2.23 bits per heavy atom. The van der Waals surface area contributed by atoms with E-state index >= 15 is 0 Å². The number of rotatable bonds is 5. The van der Waals surface area contributed by atoms with Gasteiger partial charge in [-0.2, -0.15) is 8.42 Å². The van der Waals surface area contributed by atoms with Crippen molar-refractivity contribution in [3.63, 3.8) is 0 Å². The molecule has 1 heterocycles. The Kier molecular flexibility index (Phi) is 4.95. The smallest absolute Gasteiger partial charge is 0.297 e. The van der Waals surface area contributed by atoms with Crippen LogP contribution in [0.15, 0.2) is 47.4 Å². The zero-order chi connectivity index (χ0) is 16.3. The number of hydrogen-bond acceptors (Lipinski definition) is 5.